The van der Waals surface area contributed by atoms with Gasteiger partial charge in [0.05, 0.1) is 0 Å². The number of alkyl halides is 2. The number of hydrogen-bond donors (Lipinski definition) is 3. The molecule has 2 aromatic carbocycles. The molecule has 1 aromatic heterocycles. The van der Waals surface area contributed by atoms with Crippen molar-refractivity contribution in [2.45, 2.75) is 19.6 Å². The second-order valence-corrected chi connectivity index (χ2v) is 6.65. The van der Waals surface area contributed by atoms with E-state index in [9.17, 15) is 8.78 Å². The van der Waals surface area contributed by atoms with Crippen LogP contribution in [0.5, 0.6) is 17.2 Å². The van der Waals surface area contributed by atoms with E-state index in [0.717, 1.165) is 11.9 Å². The number of aliphatic imine (C=N–C) groups is 1. The summed E-state index contributed by atoms with van der Waals surface area (Å²) >= 11 is 0. The van der Waals surface area contributed by atoms with Gasteiger partial charge in [-0.3, -0.25) is 4.99 Å². The lowest BCUT2D eigenvalue weighted by Crippen LogP contribution is -2.37. The molecule has 0 unspecified atom stereocenters. The highest BCUT2D eigenvalue weighted by Gasteiger charge is 2.20. The van der Waals surface area contributed by atoms with Crippen molar-refractivity contribution in [3.8, 4) is 17.2 Å². The normalized spacial score (nSPS) is 12.7. The van der Waals surface area contributed by atoms with E-state index in [-0.39, 0.29) is 43.1 Å². The standard InChI is InChI=1S/C21H22F2N4O3.HI/c1-24-21(25-7-6-13-10-26-16-5-3-2-4-15(13)16)27-11-14-8-18-19(29-12-28-18)9-17(14)30-20(22)23;/h2-5,8-10,20,26H,6-7,11-12H2,1H3,(H2,24,25,27);1H. The largest absolute Gasteiger partial charge is 0.454 e. The van der Waals surface area contributed by atoms with Crippen LogP contribution in [0.4, 0.5) is 8.78 Å². The predicted octanol–water partition coefficient (Wildman–Crippen LogP) is 4.02. The van der Waals surface area contributed by atoms with Gasteiger partial charge in [0.25, 0.3) is 0 Å². The maximum absolute atomic E-state index is 12.8. The molecule has 1 aliphatic heterocycles. The summed E-state index contributed by atoms with van der Waals surface area (Å²) in [5.74, 6) is 1.47. The van der Waals surface area contributed by atoms with Gasteiger partial charge in [0.1, 0.15) is 5.75 Å². The summed E-state index contributed by atoms with van der Waals surface area (Å²) in [4.78, 5) is 7.45. The van der Waals surface area contributed by atoms with Crippen LogP contribution >= 0.6 is 24.0 Å². The summed E-state index contributed by atoms with van der Waals surface area (Å²) in [6, 6.07) is 11.2. The summed E-state index contributed by atoms with van der Waals surface area (Å²) in [5, 5.41) is 7.54. The fourth-order valence-corrected chi connectivity index (χ4v) is 3.36. The Morgan fingerprint density at radius 2 is 1.94 bits per heavy atom. The quantitative estimate of drug-likeness (QED) is 0.238. The number of aromatic amines is 1. The Morgan fingerprint density at radius 3 is 2.71 bits per heavy atom. The van der Waals surface area contributed by atoms with Crippen LogP contribution in [0, 0.1) is 0 Å². The molecule has 10 heteroatoms. The molecule has 7 nitrogen and oxygen atoms in total. The molecular weight excluding hydrogens is 521 g/mol. The van der Waals surface area contributed by atoms with Crippen molar-refractivity contribution >= 4 is 40.8 Å². The van der Waals surface area contributed by atoms with Crippen LogP contribution in [0.3, 0.4) is 0 Å². The van der Waals surface area contributed by atoms with Crippen LogP contribution in [0.25, 0.3) is 10.9 Å². The number of fused-ring (bicyclic) bond motifs is 2. The number of rotatable bonds is 7. The summed E-state index contributed by atoms with van der Waals surface area (Å²) < 4.78 is 40.8. The van der Waals surface area contributed by atoms with Gasteiger partial charge in [-0.1, -0.05) is 18.2 Å². The van der Waals surface area contributed by atoms with Gasteiger partial charge in [-0.15, -0.1) is 24.0 Å². The second-order valence-electron chi connectivity index (χ2n) is 6.65. The molecule has 2 heterocycles. The third kappa shape index (κ3) is 5.49. The lowest BCUT2D eigenvalue weighted by molar-refractivity contribution is -0.0505. The molecule has 0 radical (unpaired) electrons. The van der Waals surface area contributed by atoms with Crippen molar-refractivity contribution in [1.29, 1.82) is 0 Å². The van der Waals surface area contributed by atoms with E-state index >= 15 is 0 Å². The number of ether oxygens (including phenoxy) is 3. The number of halogens is 3. The molecule has 3 N–H and O–H groups in total. The predicted molar refractivity (Wildman–Crippen MR) is 125 cm³/mol. The minimum Gasteiger partial charge on any atom is -0.454 e. The Balaban J connectivity index is 0.00000272. The van der Waals surface area contributed by atoms with Gasteiger partial charge >= 0.3 is 6.61 Å². The van der Waals surface area contributed by atoms with Crippen LogP contribution in [-0.2, 0) is 13.0 Å². The Bertz CT molecular complexity index is 1060. The molecule has 0 atom stereocenters. The van der Waals surface area contributed by atoms with Gasteiger partial charge in [-0.2, -0.15) is 8.78 Å². The molecule has 0 saturated heterocycles. The summed E-state index contributed by atoms with van der Waals surface area (Å²) in [7, 11) is 1.65. The number of benzene rings is 2. The third-order valence-corrected chi connectivity index (χ3v) is 4.80. The van der Waals surface area contributed by atoms with Gasteiger partial charge < -0.3 is 29.8 Å². The van der Waals surface area contributed by atoms with Gasteiger partial charge in [0.15, 0.2) is 17.5 Å². The maximum Gasteiger partial charge on any atom is 0.387 e. The SMILES string of the molecule is CN=C(NCCc1c[nH]c2ccccc12)NCc1cc2c(cc1OC(F)F)OCO2.I. The zero-order valence-corrected chi connectivity index (χ0v) is 19.1. The lowest BCUT2D eigenvalue weighted by atomic mass is 10.1. The van der Waals surface area contributed by atoms with Crippen molar-refractivity contribution < 1.29 is 23.0 Å². The number of guanidine groups is 1. The summed E-state index contributed by atoms with van der Waals surface area (Å²) in [6.45, 7) is -2.00. The molecular formula is C21H23F2IN4O3. The van der Waals surface area contributed by atoms with E-state index < -0.39 is 6.61 Å². The molecule has 3 aromatic rings. The minimum absolute atomic E-state index is 0. The van der Waals surface area contributed by atoms with E-state index in [0.29, 0.717) is 29.6 Å². The molecule has 0 fully saturated rings. The first-order valence-corrected chi connectivity index (χ1v) is 9.51. The maximum atomic E-state index is 12.8. The first-order valence-electron chi connectivity index (χ1n) is 9.51. The van der Waals surface area contributed by atoms with Crippen molar-refractivity contribution in [2.75, 3.05) is 20.4 Å². The zero-order valence-electron chi connectivity index (χ0n) is 16.8. The Morgan fingerprint density at radius 1 is 1.16 bits per heavy atom. The van der Waals surface area contributed by atoms with Crippen LogP contribution in [-0.4, -0.2) is 37.9 Å². The number of aromatic nitrogens is 1. The number of nitrogens with zero attached hydrogens (tertiary/aromatic N) is 1. The topological polar surface area (TPSA) is 79.9 Å². The van der Waals surface area contributed by atoms with E-state index in [1.807, 2.05) is 24.4 Å². The lowest BCUT2D eigenvalue weighted by Gasteiger charge is -2.15. The summed E-state index contributed by atoms with van der Waals surface area (Å²) in [5.41, 5.74) is 2.82. The fraction of sp³-hybridized carbons (Fsp3) is 0.286. The first-order chi connectivity index (χ1) is 14.6. The molecule has 0 spiro atoms. The second kappa shape index (κ2) is 10.5. The monoisotopic (exact) mass is 544 g/mol. The number of para-hydroxylation sites is 1. The van der Waals surface area contributed by atoms with Gasteiger partial charge in [-0.05, 0) is 24.1 Å². The Labute approximate surface area is 195 Å². The van der Waals surface area contributed by atoms with Crippen molar-refractivity contribution in [3.05, 3.63) is 53.7 Å². The van der Waals surface area contributed by atoms with Crippen molar-refractivity contribution in [2.24, 2.45) is 4.99 Å². The van der Waals surface area contributed by atoms with Crippen LogP contribution in [0.15, 0.2) is 47.6 Å². The molecule has 4 rings (SSSR count). The third-order valence-electron chi connectivity index (χ3n) is 4.80. The van der Waals surface area contributed by atoms with Crippen LogP contribution in [0.2, 0.25) is 0 Å². The number of H-pyrrole nitrogens is 1. The van der Waals surface area contributed by atoms with Crippen LogP contribution in [0.1, 0.15) is 11.1 Å². The average Bonchev–Trinajstić information content (AvgIpc) is 3.36. The van der Waals surface area contributed by atoms with Crippen LogP contribution < -0.4 is 24.8 Å². The van der Waals surface area contributed by atoms with E-state index in [2.05, 4.69) is 31.4 Å². The highest BCUT2D eigenvalue weighted by Crippen LogP contribution is 2.38. The first kappa shape index (κ1) is 22.9. The number of nitrogens with one attached hydrogen (secondary N) is 3. The van der Waals surface area contributed by atoms with E-state index in [1.54, 1.807) is 13.1 Å². The molecule has 31 heavy (non-hydrogen) atoms. The highest BCUT2D eigenvalue weighted by atomic mass is 127. The molecule has 0 aliphatic carbocycles. The van der Waals surface area contributed by atoms with Gasteiger partial charge in [0.2, 0.25) is 6.79 Å². The fourth-order valence-electron chi connectivity index (χ4n) is 3.36. The Hall–Kier alpha value is -2.76. The molecule has 1 aliphatic rings. The van der Waals surface area contributed by atoms with E-state index in [4.69, 9.17) is 9.47 Å². The smallest absolute Gasteiger partial charge is 0.387 e. The zero-order chi connectivity index (χ0) is 20.9. The summed E-state index contributed by atoms with van der Waals surface area (Å²) in [6.07, 6.45) is 2.80. The Kier molecular flexibility index (Phi) is 7.77. The highest BCUT2D eigenvalue weighted by molar-refractivity contribution is 14.0. The minimum atomic E-state index is -2.93. The van der Waals surface area contributed by atoms with Crippen molar-refractivity contribution in [1.82, 2.24) is 15.6 Å². The van der Waals surface area contributed by atoms with Crippen molar-refractivity contribution in [3.63, 3.8) is 0 Å². The van der Waals surface area contributed by atoms with E-state index in [1.165, 1.54) is 17.0 Å². The molecule has 0 saturated carbocycles. The molecule has 166 valence electrons. The molecule has 0 bridgehead atoms. The van der Waals surface area contributed by atoms with Gasteiger partial charge in [-0.25, -0.2) is 0 Å². The van der Waals surface area contributed by atoms with Gasteiger partial charge in [0, 0.05) is 48.9 Å². The number of hydrogen-bond acceptors (Lipinski definition) is 4. The average molecular weight is 544 g/mol. The molecule has 0 amide bonds.